The normalized spacial score (nSPS) is 24.0. The van der Waals surface area contributed by atoms with Crippen LogP contribution in [0.15, 0.2) is 5.10 Å². The molecule has 1 aliphatic rings. The van der Waals surface area contributed by atoms with Gasteiger partial charge >= 0.3 is 11.9 Å². The molecule has 0 aromatic rings. The molecule has 6 heteroatoms. The lowest BCUT2D eigenvalue weighted by Crippen LogP contribution is -2.31. The summed E-state index contributed by atoms with van der Waals surface area (Å²) in [7, 11) is 0. The van der Waals surface area contributed by atoms with Gasteiger partial charge in [-0.1, -0.05) is 0 Å². The molecule has 1 heterocycles. The van der Waals surface area contributed by atoms with Crippen molar-refractivity contribution in [2.75, 3.05) is 0 Å². The second-order valence-electron chi connectivity index (χ2n) is 1.48. The molecule has 1 aliphatic heterocycles. The summed E-state index contributed by atoms with van der Waals surface area (Å²) in [6, 6.07) is -1.29. The first kappa shape index (κ1) is 5.67. The first-order valence-corrected chi connectivity index (χ1v) is 2.18. The molecule has 0 saturated carbocycles. The molecule has 1 N–H and O–H groups in total. The summed E-state index contributed by atoms with van der Waals surface area (Å²) in [6.45, 7) is 0. The van der Waals surface area contributed by atoms with Crippen molar-refractivity contribution in [2.45, 2.75) is 6.04 Å². The molecule has 0 aromatic carbocycles. The molecule has 6 nitrogen and oxygen atoms in total. The molecule has 1 atom stereocenters. The highest BCUT2D eigenvalue weighted by molar-refractivity contribution is 5.99. The first-order chi connectivity index (χ1) is 4.22. The van der Waals surface area contributed by atoms with Crippen LogP contribution in [0.1, 0.15) is 0 Å². The molecule has 9 heavy (non-hydrogen) atoms. The van der Waals surface area contributed by atoms with Gasteiger partial charge in [-0.15, -0.1) is 0 Å². The molecule has 0 bridgehead atoms. The Kier molecular flexibility index (Phi) is 1.14. The summed E-state index contributed by atoms with van der Waals surface area (Å²) in [4.78, 5) is 19.5. The monoisotopic (exact) mass is 129 g/mol. The van der Waals surface area contributed by atoms with Crippen LogP contribution in [0.3, 0.4) is 0 Å². The summed E-state index contributed by atoms with van der Waals surface area (Å²) in [5, 5.41) is 13.1. The van der Waals surface area contributed by atoms with E-state index in [0.717, 1.165) is 6.21 Å². The Labute approximate surface area is 49.7 Å². The number of rotatable bonds is 1. The van der Waals surface area contributed by atoms with Crippen molar-refractivity contribution in [3.05, 3.63) is 10.1 Å². The summed E-state index contributed by atoms with van der Waals surface area (Å²) < 4.78 is 0. The van der Waals surface area contributed by atoms with Gasteiger partial charge in [0.15, 0.2) is 0 Å². The quantitative estimate of drug-likeness (QED) is 0.354. The summed E-state index contributed by atoms with van der Waals surface area (Å²) in [5.74, 6) is -0.681. The van der Waals surface area contributed by atoms with E-state index in [1.54, 1.807) is 0 Å². The fraction of sp³-hybridized carbons (Fsp3) is 0.333. The third-order valence-corrected chi connectivity index (χ3v) is 0.886. The fourth-order valence-electron chi connectivity index (χ4n) is 0.455. The highest BCUT2D eigenvalue weighted by atomic mass is 16.6. The zero-order valence-electron chi connectivity index (χ0n) is 4.27. The van der Waals surface area contributed by atoms with Gasteiger partial charge in [-0.2, -0.15) is 5.10 Å². The van der Waals surface area contributed by atoms with E-state index < -0.39 is 16.9 Å². The smallest absolute Gasteiger partial charge is 0.265 e. The number of amides is 1. The van der Waals surface area contributed by atoms with Crippen molar-refractivity contribution in [2.24, 2.45) is 5.10 Å². The number of hydrogen-bond acceptors (Lipinski definition) is 4. The largest absolute Gasteiger partial charge is 0.328 e. The lowest BCUT2D eigenvalue weighted by molar-refractivity contribution is -0.487. The Bertz CT molecular complexity index is 187. The van der Waals surface area contributed by atoms with Crippen LogP contribution in [0.5, 0.6) is 0 Å². The Balaban J connectivity index is 2.71. The Morgan fingerprint density at radius 3 is 2.78 bits per heavy atom. The van der Waals surface area contributed by atoms with E-state index in [4.69, 9.17) is 0 Å². The van der Waals surface area contributed by atoms with Crippen molar-refractivity contribution in [3.63, 3.8) is 0 Å². The maximum atomic E-state index is 10.3. The van der Waals surface area contributed by atoms with E-state index in [1.807, 2.05) is 5.43 Å². The standard InChI is InChI=1S/C3H3N3O3/c7-3-2(6(8)9)1-4-5-3/h1-2H,(H,5,7). The lowest BCUT2D eigenvalue weighted by Gasteiger charge is -1.91. The van der Waals surface area contributed by atoms with Crippen molar-refractivity contribution in [1.82, 2.24) is 5.43 Å². The number of hydrazone groups is 1. The van der Waals surface area contributed by atoms with E-state index in [9.17, 15) is 14.9 Å². The molecule has 0 aromatic heterocycles. The predicted octanol–water partition coefficient (Wildman–Crippen LogP) is -1.25. The molecule has 0 spiro atoms. The Morgan fingerprint density at radius 2 is 2.56 bits per heavy atom. The van der Waals surface area contributed by atoms with Crippen molar-refractivity contribution < 1.29 is 9.72 Å². The first-order valence-electron chi connectivity index (χ1n) is 2.18. The third kappa shape index (κ3) is 0.857. The predicted molar refractivity (Wildman–Crippen MR) is 27.4 cm³/mol. The molecule has 1 unspecified atom stereocenters. The molecule has 48 valence electrons. The van der Waals surface area contributed by atoms with E-state index in [2.05, 4.69) is 5.10 Å². The molecule has 0 saturated heterocycles. The van der Waals surface area contributed by atoms with Crippen molar-refractivity contribution in [1.29, 1.82) is 0 Å². The van der Waals surface area contributed by atoms with E-state index >= 15 is 0 Å². The molecule has 1 amide bonds. The average molecular weight is 129 g/mol. The van der Waals surface area contributed by atoms with Gasteiger partial charge in [0, 0.05) is 4.92 Å². The number of nitro groups is 1. The highest BCUT2D eigenvalue weighted by Gasteiger charge is 2.31. The molecule has 1 rings (SSSR count). The minimum Gasteiger partial charge on any atom is -0.265 e. The molecule has 0 radical (unpaired) electrons. The number of nitrogens with zero attached hydrogens (tertiary/aromatic N) is 2. The van der Waals surface area contributed by atoms with Crippen molar-refractivity contribution >= 4 is 12.1 Å². The van der Waals surface area contributed by atoms with Gasteiger partial charge in [0.25, 0.3) is 0 Å². The Hall–Kier alpha value is -1.46. The van der Waals surface area contributed by atoms with Gasteiger partial charge in [0.05, 0.1) is 0 Å². The summed E-state index contributed by atoms with van der Waals surface area (Å²) in [5.41, 5.74) is 1.94. The maximum absolute atomic E-state index is 10.3. The van der Waals surface area contributed by atoms with Gasteiger partial charge in [-0.05, 0) is 0 Å². The summed E-state index contributed by atoms with van der Waals surface area (Å²) >= 11 is 0. The average Bonchev–Trinajstić information content (AvgIpc) is 2.13. The number of nitrogens with one attached hydrogen (secondary N) is 1. The van der Waals surface area contributed by atoms with Gasteiger partial charge in [-0.25, -0.2) is 5.43 Å². The maximum Gasteiger partial charge on any atom is 0.328 e. The van der Waals surface area contributed by atoms with E-state index in [1.165, 1.54) is 0 Å². The van der Waals surface area contributed by atoms with Crippen LogP contribution in [-0.4, -0.2) is 23.1 Å². The van der Waals surface area contributed by atoms with Gasteiger partial charge in [-0.3, -0.25) is 14.9 Å². The lowest BCUT2D eigenvalue weighted by atomic mass is 10.3. The number of carbonyl (C=O) groups excluding carboxylic acids is 1. The zero-order chi connectivity index (χ0) is 6.85. The summed E-state index contributed by atoms with van der Waals surface area (Å²) in [6.07, 6.45) is 0.961. The van der Waals surface area contributed by atoms with Gasteiger partial charge in [0.1, 0.15) is 6.21 Å². The van der Waals surface area contributed by atoms with Gasteiger partial charge in [0.2, 0.25) is 0 Å². The second kappa shape index (κ2) is 1.81. The van der Waals surface area contributed by atoms with Crippen molar-refractivity contribution in [3.8, 4) is 0 Å². The highest BCUT2D eigenvalue weighted by Crippen LogP contribution is 1.91. The second-order valence-corrected chi connectivity index (χ2v) is 1.48. The van der Waals surface area contributed by atoms with Crippen LogP contribution in [0.4, 0.5) is 0 Å². The van der Waals surface area contributed by atoms with Crippen LogP contribution in [-0.2, 0) is 4.79 Å². The molecule has 0 fully saturated rings. The van der Waals surface area contributed by atoms with Crippen LogP contribution in [0.25, 0.3) is 0 Å². The van der Waals surface area contributed by atoms with Gasteiger partial charge < -0.3 is 0 Å². The SMILES string of the molecule is O=C1NN=CC1[N+](=O)[O-]. The third-order valence-electron chi connectivity index (χ3n) is 0.886. The van der Waals surface area contributed by atoms with E-state index in [-0.39, 0.29) is 0 Å². The minimum atomic E-state index is -1.29. The number of hydrogen-bond donors (Lipinski definition) is 1. The zero-order valence-corrected chi connectivity index (χ0v) is 4.27. The minimum absolute atomic E-state index is 0.681. The topological polar surface area (TPSA) is 84.6 Å². The van der Waals surface area contributed by atoms with Crippen LogP contribution in [0.2, 0.25) is 0 Å². The fourth-order valence-corrected chi connectivity index (χ4v) is 0.455. The van der Waals surface area contributed by atoms with Crippen LogP contribution >= 0.6 is 0 Å². The molecule has 0 aliphatic carbocycles. The van der Waals surface area contributed by atoms with E-state index in [0.29, 0.717) is 0 Å². The Morgan fingerprint density at radius 1 is 1.89 bits per heavy atom. The molecular formula is C3H3N3O3. The van der Waals surface area contributed by atoms with Crippen LogP contribution in [0, 0.1) is 10.1 Å². The number of carbonyl (C=O) groups is 1. The van der Waals surface area contributed by atoms with Crippen LogP contribution < -0.4 is 5.43 Å². The molecular weight excluding hydrogens is 126 g/mol.